The van der Waals surface area contributed by atoms with Crippen molar-refractivity contribution in [2.24, 2.45) is 0 Å². The maximum Gasteiger partial charge on any atom is 0.231 e. The first-order valence-electron chi connectivity index (χ1n) is 6.46. The second-order valence-electron chi connectivity index (χ2n) is 4.80. The van der Waals surface area contributed by atoms with Crippen molar-refractivity contribution >= 4 is 23.5 Å². The Hall–Kier alpha value is -1.18. The molecule has 0 aliphatic carbocycles. The summed E-state index contributed by atoms with van der Waals surface area (Å²) in [5.74, 6) is 0.748. The maximum absolute atomic E-state index is 5.82. The number of morpholine rings is 1. The standard InChI is InChI=1S/C11H17ClN6O/c12-9-14-10(13)16-11(15-9)18-2-1-8(7-18)17-3-5-19-6-4-17/h8H,1-7H2,(H2,13,14,15,16). The van der Waals surface area contributed by atoms with E-state index in [0.29, 0.717) is 12.0 Å². The molecule has 0 aromatic carbocycles. The van der Waals surface area contributed by atoms with Crippen molar-refractivity contribution in [1.82, 2.24) is 19.9 Å². The van der Waals surface area contributed by atoms with E-state index in [-0.39, 0.29) is 11.2 Å². The zero-order valence-corrected chi connectivity index (χ0v) is 11.4. The number of nitrogens with zero attached hydrogens (tertiary/aromatic N) is 5. The monoisotopic (exact) mass is 284 g/mol. The van der Waals surface area contributed by atoms with Crippen LogP contribution < -0.4 is 10.6 Å². The lowest BCUT2D eigenvalue weighted by Gasteiger charge is -2.32. The predicted molar refractivity (Wildman–Crippen MR) is 72.3 cm³/mol. The second kappa shape index (κ2) is 5.44. The summed E-state index contributed by atoms with van der Waals surface area (Å²) in [5, 5.41) is 0.150. The van der Waals surface area contributed by atoms with Crippen molar-refractivity contribution in [2.45, 2.75) is 12.5 Å². The van der Waals surface area contributed by atoms with Gasteiger partial charge in [-0.15, -0.1) is 0 Å². The molecule has 1 unspecified atom stereocenters. The third-order valence-electron chi connectivity index (χ3n) is 3.62. The van der Waals surface area contributed by atoms with Gasteiger partial charge < -0.3 is 15.4 Å². The molecule has 3 rings (SSSR count). The number of ether oxygens (including phenoxy) is 1. The van der Waals surface area contributed by atoms with E-state index in [9.17, 15) is 0 Å². The molecule has 1 atom stereocenters. The molecule has 104 valence electrons. The van der Waals surface area contributed by atoms with Crippen LogP contribution in [0.25, 0.3) is 0 Å². The van der Waals surface area contributed by atoms with E-state index in [0.717, 1.165) is 45.8 Å². The smallest absolute Gasteiger partial charge is 0.231 e. The molecular formula is C11H17ClN6O. The van der Waals surface area contributed by atoms with Crippen molar-refractivity contribution in [3.05, 3.63) is 5.28 Å². The van der Waals surface area contributed by atoms with Crippen LogP contribution in [0.4, 0.5) is 11.9 Å². The minimum Gasteiger partial charge on any atom is -0.379 e. The first-order valence-corrected chi connectivity index (χ1v) is 6.84. The Labute approximate surface area is 116 Å². The van der Waals surface area contributed by atoms with Gasteiger partial charge in [-0.05, 0) is 18.0 Å². The SMILES string of the molecule is Nc1nc(Cl)nc(N2CCC(N3CCOCC3)C2)n1. The number of anilines is 2. The van der Waals surface area contributed by atoms with E-state index in [4.69, 9.17) is 22.1 Å². The summed E-state index contributed by atoms with van der Waals surface area (Å²) in [7, 11) is 0. The van der Waals surface area contributed by atoms with Crippen molar-refractivity contribution < 1.29 is 4.74 Å². The molecule has 0 amide bonds. The lowest BCUT2D eigenvalue weighted by molar-refractivity contribution is 0.0209. The molecule has 2 aliphatic heterocycles. The van der Waals surface area contributed by atoms with Gasteiger partial charge in [-0.1, -0.05) is 0 Å². The second-order valence-corrected chi connectivity index (χ2v) is 5.14. The van der Waals surface area contributed by atoms with Crippen LogP contribution in [-0.2, 0) is 4.74 Å². The molecule has 19 heavy (non-hydrogen) atoms. The highest BCUT2D eigenvalue weighted by Gasteiger charge is 2.30. The summed E-state index contributed by atoms with van der Waals surface area (Å²) in [6.45, 7) is 5.46. The summed E-state index contributed by atoms with van der Waals surface area (Å²) in [6.07, 6.45) is 1.10. The van der Waals surface area contributed by atoms with E-state index >= 15 is 0 Å². The van der Waals surface area contributed by atoms with Gasteiger partial charge >= 0.3 is 0 Å². The van der Waals surface area contributed by atoms with Crippen LogP contribution in [0.15, 0.2) is 0 Å². The van der Waals surface area contributed by atoms with Gasteiger partial charge in [0.05, 0.1) is 13.2 Å². The van der Waals surface area contributed by atoms with Crippen molar-refractivity contribution in [2.75, 3.05) is 50.0 Å². The zero-order valence-electron chi connectivity index (χ0n) is 10.6. The van der Waals surface area contributed by atoms with E-state index < -0.39 is 0 Å². The minimum absolute atomic E-state index is 0.150. The van der Waals surface area contributed by atoms with Gasteiger partial charge in [0.25, 0.3) is 0 Å². The number of rotatable bonds is 2. The topological polar surface area (TPSA) is 80.4 Å². The van der Waals surface area contributed by atoms with Crippen LogP contribution in [0.1, 0.15) is 6.42 Å². The lowest BCUT2D eigenvalue weighted by atomic mass is 10.2. The Morgan fingerprint density at radius 2 is 1.95 bits per heavy atom. The van der Waals surface area contributed by atoms with Crippen LogP contribution in [0, 0.1) is 0 Å². The first kappa shape index (κ1) is 12.8. The van der Waals surface area contributed by atoms with Crippen molar-refractivity contribution in [3.8, 4) is 0 Å². The van der Waals surface area contributed by atoms with Crippen LogP contribution in [0.3, 0.4) is 0 Å². The fourth-order valence-electron chi connectivity index (χ4n) is 2.66. The molecule has 1 aromatic heterocycles. The fraction of sp³-hybridized carbons (Fsp3) is 0.727. The van der Waals surface area contributed by atoms with E-state index in [1.165, 1.54) is 0 Å². The first-order chi connectivity index (χ1) is 9.22. The molecule has 8 heteroatoms. The Morgan fingerprint density at radius 3 is 2.68 bits per heavy atom. The highest BCUT2D eigenvalue weighted by molar-refractivity contribution is 6.28. The number of aromatic nitrogens is 3. The fourth-order valence-corrected chi connectivity index (χ4v) is 2.82. The molecule has 0 bridgehead atoms. The number of nitrogens with two attached hydrogens (primary N) is 1. The maximum atomic E-state index is 5.82. The van der Waals surface area contributed by atoms with Crippen LogP contribution in [0.5, 0.6) is 0 Å². The summed E-state index contributed by atoms with van der Waals surface area (Å²) >= 11 is 5.82. The number of nitrogen functional groups attached to an aromatic ring is 1. The third kappa shape index (κ3) is 2.88. The molecule has 3 heterocycles. The third-order valence-corrected chi connectivity index (χ3v) is 3.79. The van der Waals surface area contributed by atoms with Gasteiger partial charge in [0.2, 0.25) is 17.2 Å². The largest absolute Gasteiger partial charge is 0.379 e. The van der Waals surface area contributed by atoms with Gasteiger partial charge in [0.15, 0.2) is 0 Å². The Balaban J connectivity index is 1.67. The highest BCUT2D eigenvalue weighted by Crippen LogP contribution is 2.21. The summed E-state index contributed by atoms with van der Waals surface area (Å²) in [6, 6.07) is 0.528. The van der Waals surface area contributed by atoms with Gasteiger partial charge in [-0.25, -0.2) is 0 Å². The molecule has 2 fully saturated rings. The zero-order chi connectivity index (χ0) is 13.2. The van der Waals surface area contributed by atoms with Gasteiger partial charge in [-0.3, -0.25) is 4.90 Å². The van der Waals surface area contributed by atoms with Crippen molar-refractivity contribution in [1.29, 1.82) is 0 Å². The Bertz CT molecular complexity index is 433. The van der Waals surface area contributed by atoms with Crippen LogP contribution in [-0.4, -0.2) is 65.3 Å². The number of halogens is 1. The summed E-state index contributed by atoms with van der Waals surface area (Å²) in [5.41, 5.74) is 5.60. The quantitative estimate of drug-likeness (QED) is 0.820. The number of hydrogen-bond acceptors (Lipinski definition) is 7. The molecule has 1 aromatic rings. The molecule has 2 N–H and O–H groups in total. The van der Waals surface area contributed by atoms with E-state index in [1.54, 1.807) is 0 Å². The molecule has 7 nitrogen and oxygen atoms in total. The summed E-state index contributed by atoms with van der Waals surface area (Å²) < 4.78 is 5.38. The van der Waals surface area contributed by atoms with Crippen LogP contribution >= 0.6 is 11.6 Å². The lowest BCUT2D eigenvalue weighted by Crippen LogP contribution is -2.44. The van der Waals surface area contributed by atoms with E-state index in [1.807, 2.05) is 0 Å². The Morgan fingerprint density at radius 1 is 1.16 bits per heavy atom. The average Bonchev–Trinajstić information content (AvgIpc) is 2.88. The minimum atomic E-state index is 0.150. The van der Waals surface area contributed by atoms with Gasteiger partial charge in [0.1, 0.15) is 0 Å². The molecule has 0 radical (unpaired) electrons. The van der Waals surface area contributed by atoms with E-state index in [2.05, 4.69) is 24.8 Å². The molecule has 2 saturated heterocycles. The average molecular weight is 285 g/mol. The van der Waals surface area contributed by atoms with Gasteiger partial charge in [-0.2, -0.15) is 15.0 Å². The predicted octanol–water partition coefficient (Wildman–Crippen LogP) is 0.0181. The number of hydrogen-bond donors (Lipinski definition) is 1. The Kier molecular flexibility index (Phi) is 3.67. The van der Waals surface area contributed by atoms with Crippen LogP contribution in [0.2, 0.25) is 5.28 Å². The normalized spacial score (nSPS) is 24.9. The molecule has 2 aliphatic rings. The molecule has 0 spiro atoms. The van der Waals surface area contributed by atoms with Gasteiger partial charge in [0, 0.05) is 32.2 Å². The molecular weight excluding hydrogens is 268 g/mol. The summed E-state index contributed by atoms with van der Waals surface area (Å²) in [4.78, 5) is 16.7. The highest BCUT2D eigenvalue weighted by atomic mass is 35.5. The van der Waals surface area contributed by atoms with Crippen molar-refractivity contribution in [3.63, 3.8) is 0 Å². The molecule has 0 saturated carbocycles.